The minimum absolute atomic E-state index is 0.0135. The van der Waals surface area contributed by atoms with Gasteiger partial charge in [0.15, 0.2) is 11.5 Å². The van der Waals surface area contributed by atoms with Crippen LogP contribution in [0, 0.1) is 5.92 Å². The van der Waals surface area contributed by atoms with Crippen molar-refractivity contribution in [2.75, 3.05) is 20.8 Å². The summed E-state index contributed by atoms with van der Waals surface area (Å²) in [5.74, 6) is -2.31. The number of phenolic OH excluding ortho intramolecular Hbond substituents is 1. The average molecular weight is 484 g/mol. The second kappa shape index (κ2) is 11.0. The van der Waals surface area contributed by atoms with E-state index in [1.54, 1.807) is 62.4 Å². The highest BCUT2D eigenvalue weighted by Gasteiger charge is 2.42. The Kier molecular flexibility index (Phi) is 8.12. The molecule has 1 aliphatic rings. The van der Waals surface area contributed by atoms with Crippen molar-refractivity contribution in [1.29, 1.82) is 0 Å². The molecule has 0 aliphatic carbocycles. The number of hydrogen-bond acceptors (Lipinski definition) is 7. The number of nitrogens with zero attached hydrogens (tertiary/aromatic N) is 1. The van der Waals surface area contributed by atoms with Crippen molar-refractivity contribution >= 4 is 35.3 Å². The molecule has 1 heterocycles. The topological polar surface area (TPSA) is 94.4 Å². The van der Waals surface area contributed by atoms with Crippen LogP contribution in [0.15, 0.2) is 64.8 Å². The van der Waals surface area contributed by atoms with Crippen molar-refractivity contribution in [1.82, 2.24) is 0 Å². The van der Waals surface area contributed by atoms with Crippen molar-refractivity contribution < 1.29 is 28.9 Å². The van der Waals surface area contributed by atoms with E-state index in [2.05, 4.69) is 4.99 Å². The van der Waals surface area contributed by atoms with Crippen LogP contribution in [0.1, 0.15) is 30.9 Å². The molecule has 0 fully saturated rings. The summed E-state index contributed by atoms with van der Waals surface area (Å²) >= 11 is 6.24. The lowest BCUT2D eigenvalue weighted by Crippen LogP contribution is -2.36. The molecule has 0 spiro atoms. The van der Waals surface area contributed by atoms with Crippen molar-refractivity contribution in [3.63, 3.8) is 0 Å². The van der Waals surface area contributed by atoms with Crippen LogP contribution in [0.25, 0.3) is 6.08 Å². The minimum atomic E-state index is -0.825. The zero-order chi connectivity index (χ0) is 24.8. The number of esters is 2. The zero-order valence-corrected chi connectivity index (χ0v) is 20.1. The van der Waals surface area contributed by atoms with Gasteiger partial charge in [-0.15, -0.1) is 0 Å². The lowest BCUT2D eigenvalue weighted by Gasteiger charge is -2.31. The van der Waals surface area contributed by atoms with E-state index in [0.29, 0.717) is 33.3 Å². The summed E-state index contributed by atoms with van der Waals surface area (Å²) in [6, 6.07) is 11.9. The van der Waals surface area contributed by atoms with Gasteiger partial charge in [-0.1, -0.05) is 35.9 Å². The van der Waals surface area contributed by atoms with Gasteiger partial charge in [-0.25, -0.2) is 4.79 Å². The molecule has 0 bridgehead atoms. The average Bonchev–Trinajstić information content (AvgIpc) is 2.82. The number of aliphatic imine (C=N–C) groups is 1. The van der Waals surface area contributed by atoms with Crippen LogP contribution in [0.5, 0.6) is 11.5 Å². The van der Waals surface area contributed by atoms with E-state index in [4.69, 9.17) is 25.8 Å². The Morgan fingerprint density at radius 2 is 1.91 bits per heavy atom. The van der Waals surface area contributed by atoms with Gasteiger partial charge >= 0.3 is 11.9 Å². The number of aromatic hydroxyl groups is 1. The Labute approximate surface area is 203 Å². The fourth-order valence-corrected chi connectivity index (χ4v) is 4.12. The third kappa shape index (κ3) is 5.31. The molecule has 34 heavy (non-hydrogen) atoms. The first-order valence-corrected chi connectivity index (χ1v) is 11.0. The van der Waals surface area contributed by atoms with Gasteiger partial charge in [-0.05, 0) is 55.3 Å². The van der Waals surface area contributed by atoms with Crippen molar-refractivity contribution in [3.05, 3.63) is 76.0 Å². The summed E-state index contributed by atoms with van der Waals surface area (Å²) in [6.07, 6.45) is 3.41. The number of carbonyl (C=O) groups excluding carboxylic acids is 2. The third-order valence-electron chi connectivity index (χ3n) is 5.46. The van der Waals surface area contributed by atoms with Crippen molar-refractivity contribution in [2.45, 2.75) is 19.8 Å². The molecular weight excluding hydrogens is 458 g/mol. The number of methoxy groups -OCH3 is 2. The molecule has 0 saturated carbocycles. The van der Waals surface area contributed by atoms with Gasteiger partial charge in [0.25, 0.3) is 0 Å². The van der Waals surface area contributed by atoms with Gasteiger partial charge in [0, 0.05) is 16.7 Å². The van der Waals surface area contributed by atoms with E-state index in [0.717, 1.165) is 0 Å². The number of ether oxygens (including phenoxy) is 3. The van der Waals surface area contributed by atoms with Gasteiger partial charge in [-0.3, -0.25) is 9.79 Å². The quantitative estimate of drug-likeness (QED) is 0.561. The highest BCUT2D eigenvalue weighted by atomic mass is 35.5. The zero-order valence-electron chi connectivity index (χ0n) is 19.4. The fourth-order valence-electron chi connectivity index (χ4n) is 3.92. The predicted octanol–water partition coefficient (Wildman–Crippen LogP) is 4.93. The van der Waals surface area contributed by atoms with Gasteiger partial charge in [-0.2, -0.15) is 0 Å². The highest BCUT2D eigenvalue weighted by Crippen LogP contribution is 2.41. The van der Waals surface area contributed by atoms with Gasteiger partial charge < -0.3 is 19.3 Å². The summed E-state index contributed by atoms with van der Waals surface area (Å²) in [7, 11) is 2.76. The lowest BCUT2D eigenvalue weighted by atomic mass is 9.75. The van der Waals surface area contributed by atoms with Gasteiger partial charge in [0.05, 0.1) is 32.1 Å². The first kappa shape index (κ1) is 25.1. The van der Waals surface area contributed by atoms with E-state index in [9.17, 15) is 14.7 Å². The molecule has 178 valence electrons. The summed E-state index contributed by atoms with van der Waals surface area (Å²) in [5.41, 5.74) is 2.46. The maximum absolute atomic E-state index is 13.2. The molecule has 0 radical (unpaired) electrons. The Bertz CT molecular complexity index is 1180. The van der Waals surface area contributed by atoms with Gasteiger partial charge in [0.2, 0.25) is 0 Å². The number of benzene rings is 2. The standard InChI is InChI=1S/C26H26ClNO6/c1-5-34-26(31)24-19(11-9-16-10-12-20(29)21(13-16)32-3)28-15(2)22(25(30)33-4)23(24)17-7-6-8-18(27)14-17/h6-14,22-23,29H,5H2,1-4H3. The molecule has 2 aromatic rings. The van der Waals surface area contributed by atoms with Crippen molar-refractivity contribution in [2.24, 2.45) is 10.9 Å². The number of hydrogen-bond donors (Lipinski definition) is 1. The largest absolute Gasteiger partial charge is 0.504 e. The summed E-state index contributed by atoms with van der Waals surface area (Å²) < 4.78 is 15.6. The van der Waals surface area contributed by atoms with Gasteiger partial charge in [0.1, 0.15) is 5.92 Å². The fraction of sp³-hybridized carbons (Fsp3) is 0.269. The third-order valence-corrected chi connectivity index (χ3v) is 5.70. The van der Waals surface area contributed by atoms with Crippen LogP contribution in [0.2, 0.25) is 5.02 Å². The summed E-state index contributed by atoms with van der Waals surface area (Å²) in [6.45, 7) is 3.58. The lowest BCUT2D eigenvalue weighted by molar-refractivity contribution is -0.144. The molecular formula is C26H26ClNO6. The van der Waals surface area contributed by atoms with E-state index in [-0.39, 0.29) is 17.9 Å². The molecule has 3 rings (SSSR count). The maximum Gasteiger partial charge on any atom is 0.336 e. The SMILES string of the molecule is CCOC(=O)C1=C(C=Cc2ccc(O)c(OC)c2)N=C(C)C(C(=O)OC)C1c1cccc(Cl)c1. The number of carbonyl (C=O) groups is 2. The van der Waals surface area contributed by atoms with Crippen LogP contribution < -0.4 is 4.74 Å². The second-order valence-corrected chi connectivity index (χ2v) is 8.01. The molecule has 0 aromatic heterocycles. The molecule has 2 atom stereocenters. The van der Waals surface area contributed by atoms with E-state index in [1.807, 2.05) is 0 Å². The number of allylic oxidation sites excluding steroid dienone is 1. The molecule has 2 unspecified atom stereocenters. The summed E-state index contributed by atoms with van der Waals surface area (Å²) in [5, 5.41) is 10.3. The molecule has 2 aromatic carbocycles. The van der Waals surface area contributed by atoms with Crippen LogP contribution in [-0.2, 0) is 19.1 Å². The molecule has 7 nitrogen and oxygen atoms in total. The first-order valence-electron chi connectivity index (χ1n) is 10.7. The Morgan fingerprint density at radius 1 is 1.15 bits per heavy atom. The summed E-state index contributed by atoms with van der Waals surface area (Å²) in [4.78, 5) is 30.6. The van der Waals surface area contributed by atoms with Crippen LogP contribution in [0.3, 0.4) is 0 Å². The van der Waals surface area contributed by atoms with E-state index >= 15 is 0 Å². The normalized spacial score (nSPS) is 18.0. The molecule has 0 saturated heterocycles. The number of halogens is 1. The molecule has 1 aliphatic heterocycles. The maximum atomic E-state index is 13.2. The van der Waals surface area contributed by atoms with Crippen LogP contribution in [-0.4, -0.2) is 43.6 Å². The first-order chi connectivity index (χ1) is 16.3. The second-order valence-electron chi connectivity index (χ2n) is 7.57. The van der Waals surface area contributed by atoms with E-state index in [1.165, 1.54) is 20.3 Å². The minimum Gasteiger partial charge on any atom is -0.504 e. The van der Waals surface area contributed by atoms with Crippen molar-refractivity contribution in [3.8, 4) is 11.5 Å². The molecule has 0 amide bonds. The van der Waals surface area contributed by atoms with Crippen LogP contribution >= 0.6 is 11.6 Å². The number of phenols is 1. The Hall–Kier alpha value is -3.58. The Balaban J connectivity index is 2.21. The molecule has 1 N–H and O–H groups in total. The highest BCUT2D eigenvalue weighted by molar-refractivity contribution is 6.30. The predicted molar refractivity (Wildman–Crippen MR) is 130 cm³/mol. The van der Waals surface area contributed by atoms with Crippen LogP contribution in [0.4, 0.5) is 0 Å². The molecule has 8 heteroatoms. The number of rotatable bonds is 7. The monoisotopic (exact) mass is 483 g/mol. The van der Waals surface area contributed by atoms with E-state index < -0.39 is 23.8 Å². The smallest absolute Gasteiger partial charge is 0.336 e. The Morgan fingerprint density at radius 3 is 2.56 bits per heavy atom.